The van der Waals surface area contributed by atoms with Gasteiger partial charge in [0.05, 0.1) is 15.5 Å². The molecule has 2 N–H and O–H groups in total. The Morgan fingerprint density at radius 1 is 1.28 bits per heavy atom. The number of benzene rings is 1. The fraction of sp³-hybridized carbons (Fsp3) is 0.125. The van der Waals surface area contributed by atoms with Crippen molar-refractivity contribution in [3.8, 4) is 6.07 Å². The number of hydrogen-bond acceptors (Lipinski definition) is 6. The van der Waals surface area contributed by atoms with Gasteiger partial charge in [-0.15, -0.1) is 11.3 Å². The molecule has 0 saturated heterocycles. The Kier molecular flexibility index (Phi) is 6.51. The van der Waals surface area contributed by atoms with Crippen LogP contribution in [-0.4, -0.2) is 30.9 Å². The molecule has 2 rings (SSSR count). The van der Waals surface area contributed by atoms with Gasteiger partial charge in [-0.3, -0.25) is 14.4 Å². The molecule has 0 unspecified atom stereocenters. The highest BCUT2D eigenvalue weighted by molar-refractivity contribution is 7.12. The molecule has 1 heterocycles. The van der Waals surface area contributed by atoms with Crippen molar-refractivity contribution in [2.45, 2.75) is 0 Å². The Hall–Kier alpha value is -2.89. The lowest BCUT2D eigenvalue weighted by molar-refractivity contribution is -0.146. The van der Waals surface area contributed by atoms with E-state index in [1.807, 2.05) is 6.07 Å². The third-order valence-corrected chi connectivity index (χ3v) is 4.06. The summed E-state index contributed by atoms with van der Waals surface area (Å²) in [5, 5.41) is 15.6. The van der Waals surface area contributed by atoms with Gasteiger partial charge in [-0.05, 0) is 29.6 Å². The average molecular weight is 378 g/mol. The minimum Gasteiger partial charge on any atom is -0.454 e. The zero-order chi connectivity index (χ0) is 18.2. The second-order valence-corrected chi connectivity index (χ2v) is 6.03. The number of nitrogens with zero attached hydrogens (tertiary/aromatic N) is 1. The topological polar surface area (TPSA) is 108 Å². The molecule has 0 saturated carbocycles. The van der Waals surface area contributed by atoms with Gasteiger partial charge in [0.1, 0.15) is 12.6 Å². The number of thiophene rings is 1. The van der Waals surface area contributed by atoms with E-state index in [-0.39, 0.29) is 23.0 Å². The summed E-state index contributed by atoms with van der Waals surface area (Å²) >= 11 is 7.10. The van der Waals surface area contributed by atoms with Gasteiger partial charge in [-0.2, -0.15) is 5.26 Å². The summed E-state index contributed by atoms with van der Waals surface area (Å²) in [6, 6.07) is 9.63. The smallest absolute Gasteiger partial charge is 0.325 e. The molecule has 0 atom stereocenters. The predicted octanol–water partition coefficient (Wildman–Crippen LogP) is 2.18. The van der Waals surface area contributed by atoms with Crippen LogP contribution in [0.5, 0.6) is 0 Å². The molecule has 0 aliphatic heterocycles. The predicted molar refractivity (Wildman–Crippen MR) is 92.4 cm³/mol. The maximum atomic E-state index is 11.7. The summed E-state index contributed by atoms with van der Waals surface area (Å²) in [6.07, 6.45) is 0. The van der Waals surface area contributed by atoms with Gasteiger partial charge in [0.25, 0.3) is 11.8 Å². The number of nitriles is 1. The second-order valence-electron chi connectivity index (χ2n) is 4.68. The Morgan fingerprint density at radius 3 is 2.72 bits per heavy atom. The van der Waals surface area contributed by atoms with Crippen molar-refractivity contribution in [2.24, 2.45) is 0 Å². The summed E-state index contributed by atoms with van der Waals surface area (Å²) in [6.45, 7) is -0.849. The van der Waals surface area contributed by atoms with E-state index in [9.17, 15) is 14.4 Å². The Morgan fingerprint density at radius 2 is 2.08 bits per heavy atom. The molecule has 1 aromatic carbocycles. The first-order chi connectivity index (χ1) is 12.0. The number of rotatable bonds is 6. The number of carbonyl (C=O) groups excluding carboxylic acids is 3. The molecular formula is C16H12ClN3O4S. The van der Waals surface area contributed by atoms with Crippen LogP contribution in [0, 0.1) is 11.3 Å². The highest BCUT2D eigenvalue weighted by Gasteiger charge is 2.12. The highest BCUT2D eigenvalue weighted by Crippen LogP contribution is 2.20. The summed E-state index contributed by atoms with van der Waals surface area (Å²) in [5.74, 6) is -1.69. The Labute approximate surface area is 152 Å². The van der Waals surface area contributed by atoms with Crippen LogP contribution in [0.2, 0.25) is 5.02 Å². The van der Waals surface area contributed by atoms with Crippen LogP contribution in [0.25, 0.3) is 0 Å². The third kappa shape index (κ3) is 5.60. The van der Waals surface area contributed by atoms with Crippen LogP contribution in [0.3, 0.4) is 0 Å². The lowest BCUT2D eigenvalue weighted by Gasteiger charge is -2.08. The molecule has 0 spiro atoms. The van der Waals surface area contributed by atoms with E-state index >= 15 is 0 Å². The number of anilines is 1. The zero-order valence-electron chi connectivity index (χ0n) is 12.7. The minimum absolute atomic E-state index is 0.202. The molecule has 0 radical (unpaired) electrons. The van der Waals surface area contributed by atoms with Crippen LogP contribution >= 0.6 is 22.9 Å². The fourth-order valence-corrected chi connectivity index (χ4v) is 2.59. The molecule has 9 heteroatoms. The Bertz CT molecular complexity index is 830. The quantitative estimate of drug-likeness (QED) is 0.750. The zero-order valence-corrected chi connectivity index (χ0v) is 14.3. The van der Waals surface area contributed by atoms with Crippen LogP contribution in [0.1, 0.15) is 15.2 Å². The highest BCUT2D eigenvalue weighted by atomic mass is 35.5. The molecule has 2 amide bonds. The number of nitrogens with one attached hydrogen (secondary N) is 2. The van der Waals surface area contributed by atoms with Crippen LogP contribution in [0.15, 0.2) is 35.7 Å². The van der Waals surface area contributed by atoms with Gasteiger partial charge in [0, 0.05) is 5.69 Å². The number of ether oxygens (including phenoxy) is 1. The lowest BCUT2D eigenvalue weighted by atomic mass is 10.2. The molecule has 0 aliphatic rings. The number of halogens is 1. The van der Waals surface area contributed by atoms with Gasteiger partial charge in [0.15, 0.2) is 6.61 Å². The van der Waals surface area contributed by atoms with Crippen molar-refractivity contribution in [1.82, 2.24) is 5.32 Å². The number of hydrogen-bond donors (Lipinski definition) is 2. The van der Waals surface area contributed by atoms with Gasteiger partial charge in [-0.1, -0.05) is 17.7 Å². The van der Waals surface area contributed by atoms with Crippen molar-refractivity contribution < 1.29 is 19.1 Å². The van der Waals surface area contributed by atoms with E-state index in [0.29, 0.717) is 10.6 Å². The van der Waals surface area contributed by atoms with E-state index in [2.05, 4.69) is 10.6 Å². The molecule has 0 aliphatic carbocycles. The van der Waals surface area contributed by atoms with E-state index < -0.39 is 18.5 Å². The number of amides is 2. The first kappa shape index (κ1) is 18.4. The first-order valence-corrected chi connectivity index (χ1v) is 8.22. The first-order valence-electron chi connectivity index (χ1n) is 6.96. The molecule has 0 bridgehead atoms. The standard InChI is InChI=1S/C16H12ClN3O4S/c17-12-6-11(4-3-10(12)7-18)20-14(21)9-24-15(22)8-19-16(23)13-2-1-5-25-13/h1-6H,8-9H2,(H,19,23)(H,20,21). The maximum Gasteiger partial charge on any atom is 0.325 e. The summed E-state index contributed by atoms with van der Waals surface area (Å²) in [4.78, 5) is 35.4. The average Bonchev–Trinajstić information content (AvgIpc) is 3.12. The van der Waals surface area contributed by atoms with Crippen molar-refractivity contribution >= 4 is 46.4 Å². The SMILES string of the molecule is N#Cc1ccc(NC(=O)COC(=O)CNC(=O)c2cccs2)cc1Cl. The molecule has 25 heavy (non-hydrogen) atoms. The molecular weight excluding hydrogens is 366 g/mol. The summed E-state index contributed by atoms with van der Waals surface area (Å²) in [7, 11) is 0. The molecule has 1 aromatic heterocycles. The van der Waals surface area contributed by atoms with E-state index in [1.165, 1.54) is 29.5 Å². The van der Waals surface area contributed by atoms with Crippen molar-refractivity contribution in [2.75, 3.05) is 18.5 Å². The summed E-state index contributed by atoms with van der Waals surface area (Å²) in [5.41, 5.74) is 0.656. The second kappa shape index (κ2) is 8.82. The van der Waals surface area contributed by atoms with Crippen LogP contribution in [-0.2, 0) is 14.3 Å². The van der Waals surface area contributed by atoms with Gasteiger partial charge < -0.3 is 15.4 Å². The molecule has 2 aromatic rings. The normalized spacial score (nSPS) is 9.76. The Balaban J connectivity index is 1.74. The van der Waals surface area contributed by atoms with Crippen molar-refractivity contribution in [3.63, 3.8) is 0 Å². The minimum atomic E-state index is -0.738. The molecule has 128 valence electrons. The van der Waals surface area contributed by atoms with Gasteiger partial charge in [-0.25, -0.2) is 0 Å². The third-order valence-electron chi connectivity index (χ3n) is 2.88. The van der Waals surface area contributed by atoms with Gasteiger partial charge in [0.2, 0.25) is 0 Å². The fourth-order valence-electron chi connectivity index (χ4n) is 1.72. The van der Waals surface area contributed by atoms with Crippen LogP contribution in [0.4, 0.5) is 5.69 Å². The van der Waals surface area contributed by atoms with Crippen molar-refractivity contribution in [1.29, 1.82) is 5.26 Å². The lowest BCUT2D eigenvalue weighted by Crippen LogP contribution is -2.31. The summed E-state index contributed by atoms with van der Waals surface area (Å²) < 4.78 is 4.77. The van der Waals surface area contributed by atoms with Crippen LogP contribution < -0.4 is 10.6 Å². The monoisotopic (exact) mass is 377 g/mol. The van der Waals surface area contributed by atoms with E-state index in [0.717, 1.165) is 0 Å². The molecule has 7 nitrogen and oxygen atoms in total. The van der Waals surface area contributed by atoms with Crippen molar-refractivity contribution in [3.05, 3.63) is 51.2 Å². The molecule has 0 fully saturated rings. The van der Waals surface area contributed by atoms with Gasteiger partial charge >= 0.3 is 5.97 Å². The van der Waals surface area contributed by atoms with E-state index in [1.54, 1.807) is 17.5 Å². The number of carbonyl (C=O) groups is 3. The largest absolute Gasteiger partial charge is 0.454 e. The number of esters is 1. The van der Waals surface area contributed by atoms with E-state index in [4.69, 9.17) is 21.6 Å². The maximum absolute atomic E-state index is 11.7.